The lowest BCUT2D eigenvalue weighted by atomic mass is 10.1. The molecule has 2 rings (SSSR count). The number of ether oxygens (including phenoxy) is 2. The predicted octanol–water partition coefficient (Wildman–Crippen LogP) is 3.94. The fourth-order valence-electron chi connectivity index (χ4n) is 2.01. The summed E-state index contributed by atoms with van der Waals surface area (Å²) in [6.07, 6.45) is 3.43. The Hall–Kier alpha value is -2.80. The molecule has 1 aromatic carbocycles. The third-order valence-corrected chi connectivity index (χ3v) is 2.94. The second-order valence-electron chi connectivity index (χ2n) is 4.93. The van der Waals surface area contributed by atoms with E-state index in [-0.39, 0.29) is 6.10 Å². The van der Waals surface area contributed by atoms with Crippen molar-refractivity contribution >= 4 is 11.6 Å². The topological polar surface area (TPSA) is 55.1 Å². The highest BCUT2D eigenvalue weighted by Crippen LogP contribution is 2.34. The number of nitriles is 1. The normalized spacial score (nSPS) is 11.1. The molecule has 0 saturated heterocycles. The van der Waals surface area contributed by atoms with E-state index in [4.69, 9.17) is 9.47 Å². The zero-order valence-electron chi connectivity index (χ0n) is 12.9. The second kappa shape index (κ2) is 7.28. The lowest BCUT2D eigenvalue weighted by molar-refractivity contribution is 0.229. The molecule has 0 bridgehead atoms. The minimum Gasteiger partial charge on any atom is -0.493 e. The summed E-state index contributed by atoms with van der Waals surface area (Å²) in [4.78, 5) is 4.22. The minimum absolute atomic E-state index is 0.00355. The van der Waals surface area contributed by atoms with Gasteiger partial charge in [0.05, 0.1) is 24.5 Å². The summed E-state index contributed by atoms with van der Waals surface area (Å²) in [6.45, 7) is 3.90. The largest absolute Gasteiger partial charge is 0.493 e. The van der Waals surface area contributed by atoms with Gasteiger partial charge in [0.25, 0.3) is 0 Å². The Kier molecular flexibility index (Phi) is 5.16. The van der Waals surface area contributed by atoms with Crippen LogP contribution in [0.2, 0.25) is 0 Å². The average Bonchev–Trinajstić information content (AvgIpc) is 2.54. The van der Waals surface area contributed by atoms with Crippen molar-refractivity contribution in [2.45, 2.75) is 20.0 Å². The third kappa shape index (κ3) is 3.64. The van der Waals surface area contributed by atoms with Crippen molar-refractivity contribution in [1.82, 2.24) is 4.98 Å². The number of benzene rings is 1. The van der Waals surface area contributed by atoms with Crippen molar-refractivity contribution < 1.29 is 9.47 Å². The first-order valence-electron chi connectivity index (χ1n) is 7.02. The molecule has 4 heteroatoms. The van der Waals surface area contributed by atoms with Crippen LogP contribution in [-0.4, -0.2) is 18.2 Å². The summed E-state index contributed by atoms with van der Waals surface area (Å²) in [5, 5.41) is 9.41. The summed E-state index contributed by atoms with van der Waals surface area (Å²) in [5.74, 6) is 1.27. The van der Waals surface area contributed by atoms with Gasteiger partial charge in [-0.3, -0.25) is 4.98 Å². The Morgan fingerprint density at radius 1 is 1.23 bits per heavy atom. The number of rotatable bonds is 5. The van der Waals surface area contributed by atoms with Crippen LogP contribution in [0, 0.1) is 11.3 Å². The van der Waals surface area contributed by atoms with E-state index in [0.717, 1.165) is 5.56 Å². The summed E-state index contributed by atoms with van der Waals surface area (Å²) in [7, 11) is 1.60. The van der Waals surface area contributed by atoms with Gasteiger partial charge in [0.2, 0.25) is 0 Å². The first kappa shape index (κ1) is 15.6. The molecule has 0 radical (unpaired) electrons. The summed E-state index contributed by atoms with van der Waals surface area (Å²) in [6, 6.07) is 13.3. The molecule has 0 unspecified atom stereocenters. The van der Waals surface area contributed by atoms with Crippen LogP contribution in [0.1, 0.15) is 25.1 Å². The number of pyridine rings is 1. The Balaban J connectivity index is 2.52. The summed E-state index contributed by atoms with van der Waals surface area (Å²) >= 11 is 0. The van der Waals surface area contributed by atoms with Crippen LogP contribution in [0.5, 0.6) is 11.5 Å². The van der Waals surface area contributed by atoms with Gasteiger partial charge in [-0.25, -0.2) is 0 Å². The predicted molar refractivity (Wildman–Crippen MR) is 86.5 cm³/mol. The zero-order chi connectivity index (χ0) is 15.9. The summed E-state index contributed by atoms with van der Waals surface area (Å²) < 4.78 is 11.2. The first-order valence-corrected chi connectivity index (χ1v) is 7.02. The molecule has 0 saturated carbocycles. The maximum Gasteiger partial charge on any atom is 0.168 e. The van der Waals surface area contributed by atoms with Gasteiger partial charge in [0, 0.05) is 11.8 Å². The highest BCUT2D eigenvalue weighted by atomic mass is 16.5. The number of methoxy groups -OCH3 is 1. The lowest BCUT2D eigenvalue weighted by Gasteiger charge is -2.16. The second-order valence-corrected chi connectivity index (χ2v) is 4.93. The van der Waals surface area contributed by atoms with E-state index in [0.29, 0.717) is 22.8 Å². The Labute approximate surface area is 130 Å². The van der Waals surface area contributed by atoms with Gasteiger partial charge in [-0.15, -0.1) is 0 Å². The third-order valence-electron chi connectivity index (χ3n) is 2.94. The number of nitrogens with zero attached hydrogens (tertiary/aromatic N) is 2. The van der Waals surface area contributed by atoms with Crippen molar-refractivity contribution in [2.24, 2.45) is 0 Å². The number of hydrogen-bond acceptors (Lipinski definition) is 4. The molecular weight excluding hydrogens is 276 g/mol. The molecule has 0 spiro atoms. The standard InChI is InChI=1S/C18H18N2O2/c1-13(2)22-18-14(7-6-9-17(18)21-3)11-15(12-19)16-8-4-5-10-20-16/h4-11,13H,1-3H3/b15-11+. The highest BCUT2D eigenvalue weighted by molar-refractivity contribution is 5.89. The maximum atomic E-state index is 9.41. The molecule has 0 aliphatic heterocycles. The number of allylic oxidation sites excluding steroid dienone is 1. The van der Waals surface area contributed by atoms with Crippen molar-refractivity contribution in [3.8, 4) is 17.6 Å². The molecule has 2 aromatic rings. The van der Waals surface area contributed by atoms with Gasteiger partial charge in [0.1, 0.15) is 6.07 Å². The van der Waals surface area contributed by atoms with E-state index in [2.05, 4.69) is 11.1 Å². The van der Waals surface area contributed by atoms with Crippen molar-refractivity contribution in [2.75, 3.05) is 7.11 Å². The fraction of sp³-hybridized carbons (Fsp3) is 0.222. The lowest BCUT2D eigenvalue weighted by Crippen LogP contribution is -2.08. The number of aromatic nitrogens is 1. The molecule has 0 fully saturated rings. The van der Waals surface area contributed by atoms with Crippen LogP contribution < -0.4 is 9.47 Å². The molecule has 4 nitrogen and oxygen atoms in total. The van der Waals surface area contributed by atoms with E-state index < -0.39 is 0 Å². The van der Waals surface area contributed by atoms with Crippen LogP contribution in [-0.2, 0) is 0 Å². The molecule has 0 amide bonds. The molecule has 0 N–H and O–H groups in total. The van der Waals surface area contributed by atoms with E-state index in [1.165, 1.54) is 0 Å². The maximum absolute atomic E-state index is 9.41. The van der Waals surface area contributed by atoms with E-state index in [1.807, 2.05) is 44.2 Å². The molecule has 0 aliphatic carbocycles. The van der Waals surface area contributed by atoms with Gasteiger partial charge < -0.3 is 9.47 Å². The molecule has 1 aromatic heterocycles. The van der Waals surface area contributed by atoms with E-state index in [9.17, 15) is 5.26 Å². The monoisotopic (exact) mass is 294 g/mol. The van der Waals surface area contributed by atoms with Gasteiger partial charge in [-0.1, -0.05) is 18.2 Å². The number of hydrogen-bond donors (Lipinski definition) is 0. The van der Waals surface area contributed by atoms with Crippen molar-refractivity contribution in [1.29, 1.82) is 5.26 Å². The van der Waals surface area contributed by atoms with Gasteiger partial charge >= 0.3 is 0 Å². The average molecular weight is 294 g/mol. The molecule has 1 heterocycles. The molecule has 0 aliphatic rings. The molecular formula is C18H18N2O2. The zero-order valence-corrected chi connectivity index (χ0v) is 12.9. The van der Waals surface area contributed by atoms with Gasteiger partial charge in [-0.05, 0) is 38.1 Å². The molecule has 112 valence electrons. The first-order chi connectivity index (χ1) is 10.7. The highest BCUT2D eigenvalue weighted by Gasteiger charge is 2.12. The smallest absolute Gasteiger partial charge is 0.168 e. The van der Waals surface area contributed by atoms with Crippen LogP contribution in [0.3, 0.4) is 0 Å². The summed E-state index contributed by atoms with van der Waals surface area (Å²) in [5.41, 5.74) is 1.89. The van der Waals surface area contributed by atoms with E-state index >= 15 is 0 Å². The van der Waals surface area contributed by atoms with Gasteiger partial charge in [0.15, 0.2) is 11.5 Å². The Morgan fingerprint density at radius 2 is 2.05 bits per heavy atom. The molecule has 22 heavy (non-hydrogen) atoms. The van der Waals surface area contributed by atoms with Crippen molar-refractivity contribution in [3.63, 3.8) is 0 Å². The quantitative estimate of drug-likeness (QED) is 0.784. The SMILES string of the molecule is COc1cccc(/C=C(\C#N)c2ccccn2)c1OC(C)C. The van der Waals surface area contributed by atoms with Crippen LogP contribution >= 0.6 is 0 Å². The molecule has 0 atom stereocenters. The van der Waals surface area contributed by atoms with Crippen LogP contribution in [0.15, 0.2) is 42.6 Å². The minimum atomic E-state index is 0.00355. The van der Waals surface area contributed by atoms with Crippen LogP contribution in [0.25, 0.3) is 11.6 Å². The van der Waals surface area contributed by atoms with Crippen LogP contribution in [0.4, 0.5) is 0 Å². The van der Waals surface area contributed by atoms with Crippen molar-refractivity contribution in [3.05, 3.63) is 53.9 Å². The van der Waals surface area contributed by atoms with E-state index in [1.54, 1.807) is 25.4 Å². The van der Waals surface area contributed by atoms with Gasteiger partial charge in [-0.2, -0.15) is 5.26 Å². The Morgan fingerprint density at radius 3 is 2.64 bits per heavy atom. The number of para-hydroxylation sites is 1. The fourth-order valence-corrected chi connectivity index (χ4v) is 2.01. The Bertz CT molecular complexity index is 701.